The molecule has 0 saturated carbocycles. The van der Waals surface area contributed by atoms with Crippen LogP contribution in [0.3, 0.4) is 0 Å². The van der Waals surface area contributed by atoms with E-state index in [2.05, 4.69) is 14.9 Å². The number of aliphatic hydroxyl groups is 1. The van der Waals surface area contributed by atoms with Gasteiger partial charge in [0, 0.05) is 11.4 Å². The van der Waals surface area contributed by atoms with Gasteiger partial charge in [0.1, 0.15) is 0 Å². The van der Waals surface area contributed by atoms with E-state index in [4.69, 9.17) is 5.11 Å². The normalized spacial score (nSPS) is 12.5. The highest BCUT2D eigenvalue weighted by Gasteiger charge is 2.10. The second-order valence-corrected chi connectivity index (χ2v) is 2.96. The highest BCUT2D eigenvalue weighted by Crippen LogP contribution is 1.96. The summed E-state index contributed by atoms with van der Waals surface area (Å²) in [5.41, 5.74) is 0.292. The molecule has 1 heterocycles. The third-order valence-corrected chi connectivity index (χ3v) is 1.75. The van der Waals surface area contributed by atoms with Crippen molar-refractivity contribution in [3.8, 4) is 0 Å². The van der Waals surface area contributed by atoms with Crippen LogP contribution < -0.4 is 5.32 Å². The first kappa shape index (κ1) is 9.08. The number of aliphatic hydroxyl groups excluding tert-OH is 1. The largest absolute Gasteiger partial charge is 0.394 e. The van der Waals surface area contributed by atoms with Gasteiger partial charge in [-0.2, -0.15) is 0 Å². The Hall–Kier alpha value is -1.01. The summed E-state index contributed by atoms with van der Waals surface area (Å²) in [5.74, 6) is -0.301. The lowest BCUT2D eigenvalue weighted by Crippen LogP contribution is -2.35. The average Bonchev–Trinajstić information content (AvgIpc) is 2.56. The predicted molar refractivity (Wildman–Crippen MR) is 43.9 cm³/mol. The zero-order chi connectivity index (χ0) is 8.97. The summed E-state index contributed by atoms with van der Waals surface area (Å²) in [5, 5.41) is 16.3. The molecule has 0 aliphatic rings. The number of nitrogens with zero attached hydrogens (tertiary/aromatic N) is 2. The topological polar surface area (TPSA) is 75.1 Å². The highest BCUT2D eigenvalue weighted by molar-refractivity contribution is 7.03. The molecular weight excluding hydrogens is 178 g/mol. The lowest BCUT2D eigenvalue weighted by Gasteiger charge is -2.07. The van der Waals surface area contributed by atoms with Crippen LogP contribution >= 0.6 is 11.5 Å². The van der Waals surface area contributed by atoms with Crippen LogP contribution in [0.4, 0.5) is 0 Å². The first-order valence-electron chi connectivity index (χ1n) is 3.43. The van der Waals surface area contributed by atoms with Gasteiger partial charge in [-0.1, -0.05) is 4.49 Å². The molecule has 5 nitrogen and oxygen atoms in total. The first-order valence-corrected chi connectivity index (χ1v) is 4.26. The molecule has 0 saturated heterocycles. The van der Waals surface area contributed by atoms with E-state index in [0.717, 1.165) is 11.5 Å². The molecule has 0 spiro atoms. The van der Waals surface area contributed by atoms with E-state index in [1.54, 1.807) is 12.3 Å². The number of hydrogen-bond acceptors (Lipinski definition) is 5. The van der Waals surface area contributed by atoms with Crippen LogP contribution in [0.1, 0.15) is 17.4 Å². The molecule has 1 rings (SSSR count). The van der Waals surface area contributed by atoms with Gasteiger partial charge in [-0.05, 0) is 18.5 Å². The summed E-state index contributed by atoms with van der Waals surface area (Å²) in [6.07, 6.45) is 0. The molecule has 66 valence electrons. The Morgan fingerprint density at radius 3 is 3.17 bits per heavy atom. The number of carbonyl (C=O) groups excluding carboxylic acids is 1. The van der Waals surface area contributed by atoms with Crippen LogP contribution in [0.2, 0.25) is 0 Å². The lowest BCUT2D eigenvalue weighted by atomic mass is 10.3. The van der Waals surface area contributed by atoms with Gasteiger partial charge in [-0.15, -0.1) is 5.10 Å². The van der Waals surface area contributed by atoms with Gasteiger partial charge in [-0.25, -0.2) is 0 Å². The molecule has 0 aliphatic heterocycles. The van der Waals surface area contributed by atoms with Gasteiger partial charge >= 0.3 is 0 Å². The maximum atomic E-state index is 11.2. The van der Waals surface area contributed by atoms with Crippen molar-refractivity contribution in [2.75, 3.05) is 6.61 Å². The van der Waals surface area contributed by atoms with Gasteiger partial charge < -0.3 is 10.4 Å². The molecule has 1 aromatic heterocycles. The van der Waals surface area contributed by atoms with Gasteiger partial charge in [0.05, 0.1) is 6.61 Å². The third-order valence-electron chi connectivity index (χ3n) is 1.24. The molecule has 0 aliphatic carbocycles. The SMILES string of the molecule is C[C@H](CO)NC(=O)c1csnn1. The Labute approximate surface area is 73.6 Å². The molecule has 6 heteroatoms. The second kappa shape index (κ2) is 4.13. The Balaban J connectivity index is 2.50. The first-order chi connectivity index (χ1) is 5.74. The second-order valence-electron chi connectivity index (χ2n) is 2.35. The molecule has 2 N–H and O–H groups in total. The summed E-state index contributed by atoms with van der Waals surface area (Å²) in [7, 11) is 0. The van der Waals surface area contributed by atoms with Crippen molar-refractivity contribution in [3.05, 3.63) is 11.1 Å². The zero-order valence-electron chi connectivity index (χ0n) is 6.52. The fourth-order valence-electron chi connectivity index (χ4n) is 0.607. The number of hydrogen-bond donors (Lipinski definition) is 2. The minimum absolute atomic E-state index is 0.0801. The van der Waals surface area contributed by atoms with Crippen molar-refractivity contribution >= 4 is 17.4 Å². The summed E-state index contributed by atoms with van der Waals surface area (Å²) in [6.45, 7) is 1.63. The van der Waals surface area contributed by atoms with E-state index < -0.39 is 0 Å². The summed E-state index contributed by atoms with van der Waals surface area (Å²) >= 11 is 1.12. The monoisotopic (exact) mass is 187 g/mol. The van der Waals surface area contributed by atoms with E-state index in [0.29, 0.717) is 5.69 Å². The van der Waals surface area contributed by atoms with Gasteiger partial charge in [0.2, 0.25) is 0 Å². The van der Waals surface area contributed by atoms with Crippen LogP contribution in [0, 0.1) is 0 Å². The maximum absolute atomic E-state index is 11.2. The van der Waals surface area contributed by atoms with Crippen molar-refractivity contribution in [1.82, 2.24) is 14.9 Å². The van der Waals surface area contributed by atoms with Crippen LogP contribution in [-0.2, 0) is 0 Å². The van der Waals surface area contributed by atoms with E-state index >= 15 is 0 Å². The number of amides is 1. The number of aromatic nitrogens is 2. The summed E-state index contributed by atoms with van der Waals surface area (Å²) < 4.78 is 3.54. The Bertz CT molecular complexity index is 249. The van der Waals surface area contributed by atoms with E-state index in [1.807, 2.05) is 0 Å². The van der Waals surface area contributed by atoms with Gasteiger partial charge in [0.15, 0.2) is 5.69 Å². The minimum atomic E-state index is -0.301. The number of carbonyl (C=O) groups is 1. The minimum Gasteiger partial charge on any atom is -0.394 e. The lowest BCUT2D eigenvalue weighted by molar-refractivity contribution is 0.0917. The number of nitrogens with one attached hydrogen (secondary N) is 1. The molecule has 0 aromatic carbocycles. The van der Waals surface area contributed by atoms with Crippen molar-refractivity contribution < 1.29 is 9.90 Å². The van der Waals surface area contributed by atoms with E-state index in [9.17, 15) is 4.79 Å². The molecule has 0 bridgehead atoms. The van der Waals surface area contributed by atoms with Crippen LogP contribution in [-0.4, -0.2) is 33.2 Å². The fraction of sp³-hybridized carbons (Fsp3) is 0.500. The fourth-order valence-corrected chi connectivity index (χ4v) is 1.04. The molecule has 1 amide bonds. The average molecular weight is 187 g/mol. The molecule has 1 aromatic rings. The smallest absolute Gasteiger partial charge is 0.273 e. The molecule has 0 unspecified atom stereocenters. The Morgan fingerprint density at radius 2 is 2.67 bits per heavy atom. The summed E-state index contributed by atoms with van der Waals surface area (Å²) in [4.78, 5) is 11.2. The molecule has 0 fully saturated rings. The maximum Gasteiger partial charge on any atom is 0.273 e. The quantitative estimate of drug-likeness (QED) is 0.678. The van der Waals surface area contributed by atoms with Gasteiger partial charge in [0.25, 0.3) is 5.91 Å². The van der Waals surface area contributed by atoms with Crippen LogP contribution in [0.25, 0.3) is 0 Å². The van der Waals surface area contributed by atoms with Crippen molar-refractivity contribution in [1.29, 1.82) is 0 Å². The predicted octanol–water partition coefficient (Wildman–Crippen LogP) is -0.351. The number of rotatable bonds is 3. The highest BCUT2D eigenvalue weighted by atomic mass is 32.1. The summed E-state index contributed by atoms with van der Waals surface area (Å²) in [6, 6.07) is -0.251. The van der Waals surface area contributed by atoms with Crippen molar-refractivity contribution in [2.24, 2.45) is 0 Å². The Kier molecular flexibility index (Phi) is 3.12. The van der Waals surface area contributed by atoms with Crippen LogP contribution in [0.5, 0.6) is 0 Å². The van der Waals surface area contributed by atoms with Crippen LogP contribution in [0.15, 0.2) is 5.38 Å². The van der Waals surface area contributed by atoms with E-state index in [-0.39, 0.29) is 18.6 Å². The van der Waals surface area contributed by atoms with Crippen molar-refractivity contribution in [3.63, 3.8) is 0 Å². The molecular formula is C6H9N3O2S. The molecule has 12 heavy (non-hydrogen) atoms. The zero-order valence-corrected chi connectivity index (χ0v) is 7.34. The third kappa shape index (κ3) is 2.24. The molecule has 1 atom stereocenters. The Morgan fingerprint density at radius 1 is 1.92 bits per heavy atom. The van der Waals surface area contributed by atoms with Gasteiger partial charge in [-0.3, -0.25) is 4.79 Å². The molecule has 0 radical (unpaired) electrons. The standard InChI is InChI=1S/C6H9N3O2S/c1-4(2-10)7-6(11)5-3-12-9-8-5/h3-4,10H,2H2,1H3,(H,7,11)/t4-/m1/s1. The van der Waals surface area contributed by atoms with Crippen molar-refractivity contribution in [2.45, 2.75) is 13.0 Å². The van der Waals surface area contributed by atoms with E-state index in [1.165, 1.54) is 0 Å².